The first kappa shape index (κ1) is 26.4. The highest BCUT2D eigenvalue weighted by Crippen LogP contribution is 2.63. The maximum atomic E-state index is 14.0. The molecular weight excluding hydrogens is 482 g/mol. The summed E-state index contributed by atoms with van der Waals surface area (Å²) in [5, 5.41) is 15.3. The predicted molar refractivity (Wildman–Crippen MR) is 141 cm³/mol. The van der Waals surface area contributed by atoms with Gasteiger partial charge in [0, 0.05) is 26.2 Å². The van der Waals surface area contributed by atoms with Crippen LogP contribution in [0.5, 0.6) is 0 Å². The largest absolute Gasteiger partial charge is 0.396 e. The number of amides is 3. The lowest BCUT2D eigenvalue weighted by Gasteiger charge is -2.33. The van der Waals surface area contributed by atoms with Gasteiger partial charge in [-0.25, -0.2) is 0 Å². The molecule has 0 aliphatic carbocycles. The van der Waals surface area contributed by atoms with Crippen LogP contribution in [0.4, 0.5) is 0 Å². The van der Waals surface area contributed by atoms with Crippen LogP contribution >= 0.6 is 0 Å². The van der Waals surface area contributed by atoms with E-state index < -0.39 is 29.1 Å². The van der Waals surface area contributed by atoms with E-state index in [1.165, 1.54) is 0 Å². The molecule has 2 aromatic rings. The van der Waals surface area contributed by atoms with Crippen LogP contribution < -0.4 is 10.6 Å². The van der Waals surface area contributed by atoms with Crippen LogP contribution in [0.1, 0.15) is 50.2 Å². The van der Waals surface area contributed by atoms with Gasteiger partial charge in [-0.1, -0.05) is 60.7 Å². The van der Waals surface area contributed by atoms with Gasteiger partial charge in [-0.2, -0.15) is 0 Å². The van der Waals surface area contributed by atoms with Gasteiger partial charge in [0.15, 0.2) is 0 Å². The number of unbranched alkanes of at least 4 members (excludes halogenated alkanes) is 2. The summed E-state index contributed by atoms with van der Waals surface area (Å²) in [6.45, 7) is 3.10. The number of carbonyl (C=O) groups is 3. The van der Waals surface area contributed by atoms with Gasteiger partial charge in [-0.3, -0.25) is 14.4 Å². The summed E-state index contributed by atoms with van der Waals surface area (Å²) in [5.74, 6) is -2.01. The van der Waals surface area contributed by atoms with E-state index in [0.717, 1.165) is 17.5 Å². The van der Waals surface area contributed by atoms with Crippen LogP contribution in [-0.4, -0.2) is 58.1 Å². The third-order valence-electron chi connectivity index (χ3n) is 8.48. The molecule has 3 aliphatic rings. The van der Waals surface area contributed by atoms with Crippen molar-refractivity contribution in [1.29, 1.82) is 0 Å². The molecule has 0 aromatic heterocycles. The molecule has 3 saturated heterocycles. The number of carbonyl (C=O) groups excluding carboxylic acids is 3. The Morgan fingerprint density at radius 3 is 2.13 bits per heavy atom. The molecule has 1 spiro atoms. The minimum Gasteiger partial charge on any atom is -0.396 e. The average molecular weight is 520 g/mol. The molecule has 2 unspecified atom stereocenters. The SMILES string of the molecule is C[C@]12CCC3(O1)C(C(=O)NCc1ccccc1)N(CCCCCO)C(=O)[C@@H]3[C@H]2C(=O)NCc1ccccc1. The fraction of sp³-hybridized carbons (Fsp3) is 0.500. The Labute approximate surface area is 223 Å². The zero-order chi connectivity index (χ0) is 26.8. The molecule has 5 rings (SSSR count). The molecule has 2 aromatic carbocycles. The van der Waals surface area contributed by atoms with Crippen molar-refractivity contribution in [3.63, 3.8) is 0 Å². The van der Waals surface area contributed by atoms with Crippen molar-refractivity contribution >= 4 is 17.7 Å². The number of nitrogens with one attached hydrogen (secondary N) is 2. The molecule has 3 aliphatic heterocycles. The summed E-state index contributed by atoms with van der Waals surface area (Å²) >= 11 is 0. The van der Waals surface area contributed by atoms with E-state index >= 15 is 0 Å². The highest BCUT2D eigenvalue weighted by atomic mass is 16.5. The number of hydrogen-bond acceptors (Lipinski definition) is 5. The van der Waals surface area contributed by atoms with E-state index in [1.54, 1.807) is 4.90 Å². The maximum absolute atomic E-state index is 14.0. The van der Waals surface area contributed by atoms with E-state index in [2.05, 4.69) is 10.6 Å². The molecule has 3 N–H and O–H groups in total. The first-order valence-electron chi connectivity index (χ1n) is 13.6. The normalized spacial score (nSPS) is 29.4. The van der Waals surface area contributed by atoms with Crippen molar-refractivity contribution in [2.24, 2.45) is 11.8 Å². The second-order valence-corrected chi connectivity index (χ2v) is 11.0. The number of benzene rings is 2. The zero-order valence-electron chi connectivity index (χ0n) is 21.9. The lowest BCUT2D eigenvalue weighted by Crippen LogP contribution is -2.55. The quantitative estimate of drug-likeness (QED) is 0.396. The number of nitrogens with zero attached hydrogens (tertiary/aromatic N) is 1. The van der Waals surface area contributed by atoms with E-state index in [9.17, 15) is 19.5 Å². The Bertz CT molecular complexity index is 1160. The molecule has 5 atom stereocenters. The van der Waals surface area contributed by atoms with E-state index in [0.29, 0.717) is 45.3 Å². The fourth-order valence-corrected chi connectivity index (χ4v) is 6.72. The average Bonchev–Trinajstić information content (AvgIpc) is 3.50. The van der Waals surface area contributed by atoms with E-state index in [4.69, 9.17) is 4.74 Å². The molecule has 2 bridgehead atoms. The zero-order valence-corrected chi connectivity index (χ0v) is 21.9. The molecule has 38 heavy (non-hydrogen) atoms. The highest BCUT2D eigenvalue weighted by molar-refractivity contribution is 5.99. The first-order chi connectivity index (χ1) is 18.4. The van der Waals surface area contributed by atoms with Gasteiger partial charge in [0.25, 0.3) is 0 Å². The van der Waals surface area contributed by atoms with Gasteiger partial charge in [0.1, 0.15) is 11.6 Å². The molecular formula is C30H37N3O5. The third kappa shape index (κ3) is 4.71. The Kier molecular flexibility index (Phi) is 7.54. The molecule has 3 heterocycles. The van der Waals surface area contributed by atoms with Crippen LogP contribution in [0, 0.1) is 11.8 Å². The number of likely N-dealkylation sites (tertiary alicyclic amines) is 1. The fourth-order valence-electron chi connectivity index (χ4n) is 6.72. The number of ether oxygens (including phenoxy) is 1. The Morgan fingerprint density at radius 2 is 1.53 bits per heavy atom. The van der Waals surface area contributed by atoms with Crippen LogP contribution in [0.15, 0.2) is 60.7 Å². The maximum Gasteiger partial charge on any atom is 0.246 e. The Hall–Kier alpha value is -3.23. The number of aliphatic hydroxyl groups excluding tert-OH is 1. The lowest BCUT2D eigenvalue weighted by molar-refractivity contribution is -0.146. The molecule has 8 nitrogen and oxygen atoms in total. The van der Waals surface area contributed by atoms with Gasteiger partial charge < -0.3 is 25.4 Å². The Morgan fingerprint density at radius 1 is 0.921 bits per heavy atom. The van der Waals surface area contributed by atoms with Crippen molar-refractivity contribution in [1.82, 2.24) is 15.5 Å². The van der Waals surface area contributed by atoms with Gasteiger partial charge >= 0.3 is 0 Å². The van der Waals surface area contributed by atoms with Crippen LogP contribution in [-0.2, 0) is 32.2 Å². The third-order valence-corrected chi connectivity index (χ3v) is 8.48. The van der Waals surface area contributed by atoms with Crippen LogP contribution in [0.2, 0.25) is 0 Å². The number of aliphatic hydroxyl groups is 1. The van der Waals surface area contributed by atoms with Crippen LogP contribution in [0.3, 0.4) is 0 Å². The molecule has 8 heteroatoms. The lowest BCUT2D eigenvalue weighted by atomic mass is 9.66. The van der Waals surface area contributed by atoms with Crippen molar-refractivity contribution in [3.05, 3.63) is 71.8 Å². The predicted octanol–water partition coefficient (Wildman–Crippen LogP) is 2.55. The van der Waals surface area contributed by atoms with Crippen molar-refractivity contribution in [2.75, 3.05) is 13.2 Å². The van der Waals surface area contributed by atoms with Crippen molar-refractivity contribution in [3.8, 4) is 0 Å². The molecule has 202 valence electrons. The van der Waals surface area contributed by atoms with Crippen LogP contribution in [0.25, 0.3) is 0 Å². The first-order valence-corrected chi connectivity index (χ1v) is 13.6. The molecule has 3 amide bonds. The molecule has 0 radical (unpaired) electrons. The summed E-state index contributed by atoms with van der Waals surface area (Å²) in [6, 6.07) is 18.5. The topological polar surface area (TPSA) is 108 Å². The van der Waals surface area contributed by atoms with Gasteiger partial charge in [0.2, 0.25) is 17.7 Å². The second-order valence-electron chi connectivity index (χ2n) is 11.0. The molecule has 0 saturated carbocycles. The van der Waals surface area contributed by atoms with Crippen molar-refractivity contribution in [2.45, 2.75) is 69.4 Å². The standard InChI is InChI=1S/C30H37N3O5/c1-29-15-16-30(38-29)24(23(29)26(35)31-19-21-11-5-2-6-12-21)28(37)33(17-9-4-10-18-34)25(30)27(36)32-20-22-13-7-3-8-14-22/h2-3,5-8,11-14,23-25,34H,4,9-10,15-20H2,1H3,(H,31,35)(H,32,36)/t23-,24-,25?,29+,30?/m0/s1. The minimum atomic E-state index is -1.03. The smallest absolute Gasteiger partial charge is 0.246 e. The summed E-state index contributed by atoms with van der Waals surface area (Å²) in [5.41, 5.74) is 0.113. The summed E-state index contributed by atoms with van der Waals surface area (Å²) in [6.07, 6.45) is 3.22. The van der Waals surface area contributed by atoms with Gasteiger partial charge in [-0.15, -0.1) is 0 Å². The summed E-state index contributed by atoms with van der Waals surface area (Å²) in [7, 11) is 0. The highest BCUT2D eigenvalue weighted by Gasteiger charge is 2.77. The summed E-state index contributed by atoms with van der Waals surface area (Å²) < 4.78 is 6.65. The van der Waals surface area contributed by atoms with E-state index in [-0.39, 0.29) is 24.3 Å². The summed E-state index contributed by atoms with van der Waals surface area (Å²) in [4.78, 5) is 43.0. The van der Waals surface area contributed by atoms with Gasteiger partial charge in [-0.05, 0) is 50.2 Å². The van der Waals surface area contributed by atoms with Crippen molar-refractivity contribution < 1.29 is 24.2 Å². The van der Waals surface area contributed by atoms with E-state index in [1.807, 2.05) is 67.6 Å². The van der Waals surface area contributed by atoms with Gasteiger partial charge in [0.05, 0.1) is 17.4 Å². The number of hydrogen-bond donors (Lipinski definition) is 3. The minimum absolute atomic E-state index is 0.0899. The molecule has 3 fully saturated rings. The number of fused-ring (bicyclic) bond motifs is 1. The Balaban J connectivity index is 1.39. The second kappa shape index (κ2) is 10.9. The number of rotatable bonds is 11. The monoisotopic (exact) mass is 519 g/mol.